The van der Waals surface area contributed by atoms with Gasteiger partial charge in [0.2, 0.25) is 0 Å². The maximum atomic E-state index is 11.1. The number of non-ortho nitro benzene ring substituents is 1. The van der Waals surface area contributed by atoms with Gasteiger partial charge in [-0.25, -0.2) is 0 Å². The molecule has 2 atom stereocenters. The van der Waals surface area contributed by atoms with Gasteiger partial charge in [0.1, 0.15) is 5.75 Å². The van der Waals surface area contributed by atoms with Crippen molar-refractivity contribution in [2.24, 2.45) is 5.92 Å². The van der Waals surface area contributed by atoms with E-state index in [1.807, 2.05) is 19.9 Å². The van der Waals surface area contributed by atoms with Crippen LogP contribution in [0.25, 0.3) is 0 Å². The van der Waals surface area contributed by atoms with Crippen molar-refractivity contribution < 1.29 is 14.8 Å². The van der Waals surface area contributed by atoms with Gasteiger partial charge in [-0.1, -0.05) is 0 Å². The molecule has 0 spiro atoms. The molecule has 0 radical (unpaired) electrons. The van der Waals surface area contributed by atoms with Crippen LogP contribution in [0.4, 0.5) is 11.4 Å². The maximum absolute atomic E-state index is 11.1. The predicted octanol–water partition coefficient (Wildman–Crippen LogP) is 2.59. The van der Waals surface area contributed by atoms with Crippen molar-refractivity contribution in [2.75, 3.05) is 18.0 Å². The molecule has 0 aliphatic carbocycles. The van der Waals surface area contributed by atoms with E-state index in [9.17, 15) is 15.2 Å². The average Bonchev–Trinajstić information content (AvgIpc) is 2.87. The first-order valence-corrected chi connectivity index (χ1v) is 7.26. The van der Waals surface area contributed by atoms with E-state index in [0.29, 0.717) is 12.3 Å². The first-order valence-electron chi connectivity index (χ1n) is 7.26. The smallest absolute Gasteiger partial charge is 0.275 e. The van der Waals surface area contributed by atoms with Gasteiger partial charge >= 0.3 is 0 Å². The summed E-state index contributed by atoms with van der Waals surface area (Å²) in [5, 5.41) is 20.7. The fourth-order valence-electron chi connectivity index (χ4n) is 2.61. The molecule has 1 aliphatic rings. The van der Waals surface area contributed by atoms with Gasteiger partial charge in [0, 0.05) is 36.8 Å². The molecule has 21 heavy (non-hydrogen) atoms. The highest BCUT2D eigenvalue weighted by atomic mass is 16.6. The predicted molar refractivity (Wildman–Crippen MR) is 80.9 cm³/mol. The van der Waals surface area contributed by atoms with Crippen molar-refractivity contribution >= 4 is 11.4 Å². The molecule has 2 unspecified atom stereocenters. The number of benzene rings is 1. The van der Waals surface area contributed by atoms with E-state index in [1.54, 1.807) is 13.0 Å². The van der Waals surface area contributed by atoms with E-state index in [-0.39, 0.29) is 23.8 Å². The highest BCUT2D eigenvalue weighted by Gasteiger charge is 2.27. The molecule has 1 aromatic carbocycles. The summed E-state index contributed by atoms with van der Waals surface area (Å²) in [5.74, 6) is 0.716. The van der Waals surface area contributed by atoms with Gasteiger partial charge in [-0.05, 0) is 27.2 Å². The van der Waals surface area contributed by atoms with Gasteiger partial charge in [0.05, 0.1) is 23.2 Å². The second-order valence-corrected chi connectivity index (χ2v) is 5.84. The molecule has 1 heterocycles. The Labute approximate surface area is 124 Å². The van der Waals surface area contributed by atoms with E-state index in [2.05, 4.69) is 4.90 Å². The minimum absolute atomic E-state index is 0.0312. The number of anilines is 1. The largest absolute Gasteiger partial charge is 0.491 e. The van der Waals surface area contributed by atoms with Crippen LogP contribution < -0.4 is 9.64 Å². The van der Waals surface area contributed by atoms with Crippen molar-refractivity contribution in [1.82, 2.24) is 0 Å². The summed E-state index contributed by atoms with van der Waals surface area (Å²) in [6.07, 6.45) is 0.490. The van der Waals surface area contributed by atoms with Gasteiger partial charge in [-0.3, -0.25) is 10.1 Å². The molecular formula is C15H22N2O4. The number of hydrogen-bond acceptors (Lipinski definition) is 5. The SMILES string of the molecule is CC(C)Oc1cc(N2CCC(C(C)O)C2)cc([N+](=O)[O-])c1. The molecule has 1 aliphatic heterocycles. The lowest BCUT2D eigenvalue weighted by Gasteiger charge is -2.21. The average molecular weight is 294 g/mol. The number of ether oxygens (including phenoxy) is 1. The molecule has 0 aromatic heterocycles. The molecule has 1 N–H and O–H groups in total. The Morgan fingerprint density at radius 3 is 2.62 bits per heavy atom. The highest BCUT2D eigenvalue weighted by Crippen LogP contribution is 2.32. The summed E-state index contributed by atoms with van der Waals surface area (Å²) in [6.45, 7) is 7.06. The van der Waals surface area contributed by atoms with Gasteiger partial charge in [0.25, 0.3) is 5.69 Å². The molecule has 6 heteroatoms. The summed E-state index contributed by atoms with van der Waals surface area (Å²) in [4.78, 5) is 12.7. The zero-order chi connectivity index (χ0) is 15.6. The van der Waals surface area contributed by atoms with Gasteiger partial charge in [-0.2, -0.15) is 0 Å². The van der Waals surface area contributed by atoms with Crippen molar-refractivity contribution in [3.8, 4) is 5.75 Å². The van der Waals surface area contributed by atoms with Crippen LogP contribution in [-0.2, 0) is 0 Å². The fraction of sp³-hybridized carbons (Fsp3) is 0.600. The minimum atomic E-state index is -0.404. The number of rotatable bonds is 5. The molecule has 1 aromatic rings. The second kappa shape index (κ2) is 6.30. The molecule has 6 nitrogen and oxygen atoms in total. The Bertz CT molecular complexity index is 516. The van der Waals surface area contributed by atoms with Crippen LogP contribution in [0.15, 0.2) is 18.2 Å². The summed E-state index contributed by atoms with van der Waals surface area (Å²) >= 11 is 0. The zero-order valence-corrected chi connectivity index (χ0v) is 12.7. The number of nitro benzene ring substituents is 1. The molecule has 0 amide bonds. The molecule has 1 saturated heterocycles. The van der Waals surface area contributed by atoms with Gasteiger partial charge < -0.3 is 14.7 Å². The van der Waals surface area contributed by atoms with E-state index in [1.165, 1.54) is 6.07 Å². The van der Waals surface area contributed by atoms with Crippen LogP contribution in [0.2, 0.25) is 0 Å². The van der Waals surface area contributed by atoms with Crippen molar-refractivity contribution in [1.29, 1.82) is 0 Å². The summed E-state index contributed by atoms with van der Waals surface area (Å²) < 4.78 is 5.60. The van der Waals surface area contributed by atoms with Crippen LogP contribution in [0.3, 0.4) is 0 Å². The van der Waals surface area contributed by atoms with Crippen molar-refractivity contribution in [3.05, 3.63) is 28.3 Å². The Balaban J connectivity index is 2.26. The van der Waals surface area contributed by atoms with Crippen molar-refractivity contribution in [3.63, 3.8) is 0 Å². The molecule has 0 saturated carbocycles. The second-order valence-electron chi connectivity index (χ2n) is 5.84. The van der Waals surface area contributed by atoms with E-state index in [0.717, 1.165) is 18.7 Å². The third-order valence-corrected chi connectivity index (χ3v) is 3.73. The molecule has 2 rings (SSSR count). The zero-order valence-electron chi connectivity index (χ0n) is 12.7. The maximum Gasteiger partial charge on any atom is 0.275 e. The van der Waals surface area contributed by atoms with Gasteiger partial charge in [0.15, 0.2) is 0 Å². The number of nitrogens with zero attached hydrogens (tertiary/aromatic N) is 2. The molecule has 0 bridgehead atoms. The lowest BCUT2D eigenvalue weighted by Crippen LogP contribution is -2.24. The van der Waals surface area contributed by atoms with Crippen molar-refractivity contribution in [2.45, 2.75) is 39.4 Å². The Hall–Kier alpha value is -1.82. The van der Waals surface area contributed by atoms with E-state index in [4.69, 9.17) is 4.74 Å². The lowest BCUT2D eigenvalue weighted by molar-refractivity contribution is -0.384. The van der Waals surface area contributed by atoms with Crippen LogP contribution in [-0.4, -0.2) is 35.3 Å². The molecule has 1 fully saturated rings. The highest BCUT2D eigenvalue weighted by molar-refractivity contribution is 5.58. The monoisotopic (exact) mass is 294 g/mol. The number of hydrogen-bond donors (Lipinski definition) is 1. The fourth-order valence-corrected chi connectivity index (χ4v) is 2.61. The first kappa shape index (κ1) is 15.6. The topological polar surface area (TPSA) is 75.8 Å². The lowest BCUT2D eigenvalue weighted by atomic mass is 10.0. The van der Waals surface area contributed by atoms with Gasteiger partial charge in [-0.15, -0.1) is 0 Å². The van der Waals surface area contributed by atoms with E-state index < -0.39 is 4.92 Å². The van der Waals surface area contributed by atoms with Crippen LogP contribution in [0.5, 0.6) is 5.75 Å². The Morgan fingerprint density at radius 1 is 1.38 bits per heavy atom. The summed E-state index contributed by atoms with van der Waals surface area (Å²) in [6, 6.07) is 4.85. The third kappa shape index (κ3) is 3.85. The van der Waals surface area contributed by atoms with E-state index >= 15 is 0 Å². The number of nitro groups is 1. The summed E-state index contributed by atoms with van der Waals surface area (Å²) in [7, 11) is 0. The number of aliphatic hydroxyl groups excluding tert-OH is 1. The third-order valence-electron chi connectivity index (χ3n) is 3.73. The summed E-state index contributed by atoms with van der Waals surface area (Å²) in [5.41, 5.74) is 0.812. The minimum Gasteiger partial charge on any atom is -0.491 e. The number of aliphatic hydroxyl groups is 1. The normalized spacial score (nSPS) is 19.9. The first-order chi connectivity index (χ1) is 9.86. The molecular weight excluding hydrogens is 272 g/mol. The van der Waals surface area contributed by atoms with Crippen LogP contribution in [0, 0.1) is 16.0 Å². The quantitative estimate of drug-likeness (QED) is 0.667. The molecule has 116 valence electrons. The Morgan fingerprint density at radius 2 is 2.10 bits per heavy atom. The van der Waals surface area contributed by atoms with Crippen LogP contribution >= 0.6 is 0 Å². The standard InChI is InChI=1S/C15H22N2O4/c1-10(2)21-15-7-13(6-14(8-15)17(19)20)16-5-4-12(9-16)11(3)18/h6-8,10-12,18H,4-5,9H2,1-3H3. The van der Waals surface area contributed by atoms with Crippen LogP contribution in [0.1, 0.15) is 27.2 Å². The Kier molecular flexibility index (Phi) is 4.67.